The van der Waals surface area contributed by atoms with E-state index in [1.165, 1.54) is 12.1 Å². The van der Waals surface area contributed by atoms with Gasteiger partial charge in [-0.25, -0.2) is 8.78 Å². The summed E-state index contributed by atoms with van der Waals surface area (Å²) in [5.41, 5.74) is 0.517. The van der Waals surface area contributed by atoms with E-state index in [-0.39, 0.29) is 12.6 Å². The quantitative estimate of drug-likeness (QED) is 0.856. The van der Waals surface area contributed by atoms with Crippen molar-refractivity contribution in [1.29, 1.82) is 0 Å². The maximum atomic E-state index is 13.3. The van der Waals surface area contributed by atoms with Crippen LogP contribution in [0.5, 0.6) is 5.75 Å². The molecule has 1 atom stereocenters. The largest absolute Gasteiger partial charge is 0.492 e. The van der Waals surface area contributed by atoms with Crippen molar-refractivity contribution >= 4 is 11.6 Å². The summed E-state index contributed by atoms with van der Waals surface area (Å²) in [6.45, 7) is 2.84. The van der Waals surface area contributed by atoms with Crippen molar-refractivity contribution < 1.29 is 13.5 Å². The van der Waals surface area contributed by atoms with Crippen LogP contribution in [0.1, 0.15) is 18.5 Å². The minimum atomic E-state index is -0.598. The lowest BCUT2D eigenvalue weighted by molar-refractivity contribution is 0.267. The van der Waals surface area contributed by atoms with Gasteiger partial charge in [-0.05, 0) is 48.5 Å². The first-order valence-corrected chi connectivity index (χ1v) is 7.04. The molecule has 5 heteroatoms. The number of hydrogen-bond donors (Lipinski definition) is 1. The molecular formula is C16H16ClF2NO. The van der Waals surface area contributed by atoms with Gasteiger partial charge < -0.3 is 10.1 Å². The summed E-state index contributed by atoms with van der Waals surface area (Å²) in [4.78, 5) is 0. The molecule has 2 aromatic rings. The fourth-order valence-electron chi connectivity index (χ4n) is 2.01. The van der Waals surface area contributed by atoms with Gasteiger partial charge in [-0.1, -0.05) is 18.5 Å². The van der Waals surface area contributed by atoms with E-state index in [0.717, 1.165) is 6.07 Å². The number of halogens is 3. The molecule has 0 aliphatic heterocycles. The molecule has 2 aromatic carbocycles. The van der Waals surface area contributed by atoms with Crippen LogP contribution in [0.3, 0.4) is 0 Å². The van der Waals surface area contributed by atoms with Crippen LogP contribution >= 0.6 is 11.6 Å². The normalized spacial score (nSPS) is 12.2. The summed E-state index contributed by atoms with van der Waals surface area (Å²) in [6.07, 6.45) is 0. The Morgan fingerprint density at radius 1 is 1.10 bits per heavy atom. The van der Waals surface area contributed by atoms with E-state index in [1.54, 1.807) is 24.3 Å². The molecule has 0 bridgehead atoms. The molecule has 2 rings (SSSR count). The smallest absolute Gasteiger partial charge is 0.126 e. The Hall–Kier alpha value is -1.65. The predicted octanol–water partition coefficient (Wildman–Crippen LogP) is 4.35. The van der Waals surface area contributed by atoms with E-state index in [2.05, 4.69) is 5.32 Å². The molecule has 0 amide bonds. The fraction of sp³-hybridized carbons (Fsp3) is 0.250. The molecule has 1 N–H and O–H groups in total. The molecule has 0 aliphatic rings. The average molecular weight is 312 g/mol. The number of hydrogen-bond acceptors (Lipinski definition) is 2. The van der Waals surface area contributed by atoms with Crippen LogP contribution < -0.4 is 10.1 Å². The van der Waals surface area contributed by atoms with E-state index in [0.29, 0.717) is 22.9 Å². The Balaban J connectivity index is 2.09. The van der Waals surface area contributed by atoms with Gasteiger partial charge in [0.2, 0.25) is 0 Å². The van der Waals surface area contributed by atoms with Gasteiger partial charge in [0.05, 0.1) is 6.04 Å². The van der Waals surface area contributed by atoms with Crippen LogP contribution in [-0.2, 0) is 0 Å². The van der Waals surface area contributed by atoms with Crippen LogP contribution in [0.25, 0.3) is 0 Å². The van der Waals surface area contributed by atoms with Gasteiger partial charge in [-0.15, -0.1) is 0 Å². The first-order chi connectivity index (χ1) is 10.1. The summed E-state index contributed by atoms with van der Waals surface area (Å²) in [7, 11) is 0. The van der Waals surface area contributed by atoms with Crippen molar-refractivity contribution in [3.8, 4) is 5.75 Å². The molecule has 0 heterocycles. The Labute approximate surface area is 127 Å². The van der Waals surface area contributed by atoms with Gasteiger partial charge in [0.1, 0.15) is 24.0 Å². The van der Waals surface area contributed by atoms with Crippen LogP contribution in [0.4, 0.5) is 8.78 Å². The highest BCUT2D eigenvalue weighted by atomic mass is 35.5. The highest BCUT2D eigenvalue weighted by molar-refractivity contribution is 6.30. The summed E-state index contributed by atoms with van der Waals surface area (Å²) in [5, 5.41) is 3.77. The van der Waals surface area contributed by atoms with E-state index in [4.69, 9.17) is 16.3 Å². The second-order valence-electron chi connectivity index (χ2n) is 4.58. The topological polar surface area (TPSA) is 21.3 Å². The van der Waals surface area contributed by atoms with Gasteiger partial charge in [0, 0.05) is 11.1 Å². The monoisotopic (exact) mass is 311 g/mol. The molecule has 0 aliphatic carbocycles. The summed E-state index contributed by atoms with van der Waals surface area (Å²) < 4.78 is 32.3. The first kappa shape index (κ1) is 15.7. The molecule has 2 nitrogen and oxygen atoms in total. The van der Waals surface area contributed by atoms with Crippen molar-refractivity contribution in [3.63, 3.8) is 0 Å². The minimum absolute atomic E-state index is 0.262. The van der Waals surface area contributed by atoms with Gasteiger partial charge >= 0.3 is 0 Å². The van der Waals surface area contributed by atoms with E-state index >= 15 is 0 Å². The molecule has 0 fully saturated rings. The fourth-order valence-corrected chi connectivity index (χ4v) is 2.13. The Kier molecular flexibility index (Phi) is 5.53. The zero-order valence-corrected chi connectivity index (χ0v) is 12.3. The lowest BCUT2D eigenvalue weighted by Gasteiger charge is -2.19. The van der Waals surface area contributed by atoms with Crippen molar-refractivity contribution in [2.75, 3.05) is 13.2 Å². The van der Waals surface area contributed by atoms with Crippen LogP contribution in [0.2, 0.25) is 5.02 Å². The third kappa shape index (κ3) is 4.69. The zero-order valence-electron chi connectivity index (χ0n) is 11.6. The van der Waals surface area contributed by atoms with Gasteiger partial charge in [0.15, 0.2) is 0 Å². The highest BCUT2D eigenvalue weighted by Crippen LogP contribution is 2.20. The molecule has 112 valence electrons. The molecule has 0 saturated heterocycles. The third-order valence-corrected chi connectivity index (χ3v) is 3.22. The van der Waals surface area contributed by atoms with E-state index < -0.39 is 11.6 Å². The van der Waals surface area contributed by atoms with Crippen LogP contribution in [0.15, 0.2) is 42.5 Å². The van der Waals surface area contributed by atoms with Gasteiger partial charge in [-0.3, -0.25) is 0 Å². The van der Waals surface area contributed by atoms with Gasteiger partial charge in [0.25, 0.3) is 0 Å². The maximum absolute atomic E-state index is 13.3. The second kappa shape index (κ2) is 7.38. The van der Waals surface area contributed by atoms with E-state index in [1.807, 2.05) is 6.92 Å². The van der Waals surface area contributed by atoms with E-state index in [9.17, 15) is 8.78 Å². The number of benzene rings is 2. The molecule has 1 unspecified atom stereocenters. The third-order valence-electron chi connectivity index (χ3n) is 2.97. The zero-order chi connectivity index (χ0) is 15.2. The van der Waals surface area contributed by atoms with Crippen molar-refractivity contribution in [2.24, 2.45) is 0 Å². The van der Waals surface area contributed by atoms with Crippen molar-refractivity contribution in [1.82, 2.24) is 5.32 Å². The van der Waals surface area contributed by atoms with Crippen LogP contribution in [0, 0.1) is 11.6 Å². The Morgan fingerprint density at radius 2 is 1.71 bits per heavy atom. The second-order valence-corrected chi connectivity index (χ2v) is 5.01. The number of nitrogens with one attached hydrogen (secondary N) is 1. The van der Waals surface area contributed by atoms with Gasteiger partial charge in [-0.2, -0.15) is 0 Å². The highest BCUT2D eigenvalue weighted by Gasteiger charge is 2.13. The first-order valence-electron chi connectivity index (χ1n) is 6.66. The summed E-state index contributed by atoms with van der Waals surface area (Å²) in [5.74, 6) is -0.544. The van der Waals surface area contributed by atoms with Crippen molar-refractivity contribution in [2.45, 2.75) is 13.0 Å². The Bertz CT molecular complexity index is 569. The molecule has 0 radical (unpaired) electrons. The molecule has 0 saturated carbocycles. The molecule has 0 aromatic heterocycles. The Morgan fingerprint density at radius 3 is 2.29 bits per heavy atom. The van der Waals surface area contributed by atoms with Crippen molar-refractivity contribution in [3.05, 3.63) is 64.7 Å². The molecule has 21 heavy (non-hydrogen) atoms. The summed E-state index contributed by atoms with van der Waals surface area (Å²) in [6, 6.07) is 10.1. The number of rotatable bonds is 6. The molecular weight excluding hydrogens is 296 g/mol. The van der Waals surface area contributed by atoms with Crippen LogP contribution in [-0.4, -0.2) is 13.2 Å². The number of ether oxygens (including phenoxy) is 1. The average Bonchev–Trinajstić information content (AvgIpc) is 2.44. The lowest BCUT2D eigenvalue weighted by atomic mass is 10.1. The standard InChI is InChI=1S/C16H16ClF2NO/c1-2-20-16(11-7-13(18)9-14(19)8-11)10-21-15-5-3-12(17)4-6-15/h3-9,16,20H,2,10H2,1H3. The maximum Gasteiger partial charge on any atom is 0.126 e. The SMILES string of the molecule is CCNC(COc1ccc(Cl)cc1)c1cc(F)cc(F)c1. The minimum Gasteiger partial charge on any atom is -0.492 e. The molecule has 0 spiro atoms. The number of likely N-dealkylation sites (N-methyl/N-ethyl adjacent to an activating group) is 1. The predicted molar refractivity (Wildman–Crippen MR) is 79.7 cm³/mol. The summed E-state index contributed by atoms with van der Waals surface area (Å²) >= 11 is 5.80. The lowest BCUT2D eigenvalue weighted by Crippen LogP contribution is -2.26.